The number of methoxy groups -OCH3 is 1. The third-order valence-corrected chi connectivity index (χ3v) is 3.56. The van der Waals surface area contributed by atoms with Gasteiger partial charge in [-0.15, -0.1) is 0 Å². The molecule has 1 aliphatic rings. The van der Waals surface area contributed by atoms with Gasteiger partial charge in [0.15, 0.2) is 11.6 Å². The monoisotopic (exact) mass is 267 g/mol. The van der Waals surface area contributed by atoms with Crippen LogP contribution in [0.2, 0.25) is 0 Å². The van der Waals surface area contributed by atoms with E-state index in [0.717, 1.165) is 32.4 Å². The van der Waals surface area contributed by atoms with Crippen molar-refractivity contribution in [1.82, 2.24) is 5.32 Å². The third kappa shape index (κ3) is 3.45. The van der Waals surface area contributed by atoms with Crippen LogP contribution in [-0.4, -0.2) is 26.4 Å². The van der Waals surface area contributed by atoms with E-state index in [1.54, 1.807) is 6.07 Å². The number of ether oxygens (including phenoxy) is 2. The first-order valence-corrected chi connectivity index (χ1v) is 6.93. The maximum atomic E-state index is 14.3. The maximum Gasteiger partial charge on any atom is 0.169 e. The first-order valence-electron chi connectivity index (χ1n) is 6.93. The van der Waals surface area contributed by atoms with Crippen molar-refractivity contribution in [3.63, 3.8) is 0 Å². The number of halogens is 1. The van der Waals surface area contributed by atoms with E-state index < -0.39 is 0 Å². The lowest BCUT2D eigenvalue weighted by atomic mass is 9.98. The first-order chi connectivity index (χ1) is 9.26. The average Bonchev–Trinajstić information content (AvgIpc) is 2.91. The molecule has 2 unspecified atom stereocenters. The average molecular weight is 267 g/mol. The van der Waals surface area contributed by atoms with E-state index in [9.17, 15) is 4.39 Å². The molecule has 1 aliphatic heterocycles. The maximum absolute atomic E-state index is 14.3. The summed E-state index contributed by atoms with van der Waals surface area (Å²) in [6, 6.07) is 5.27. The Labute approximate surface area is 114 Å². The molecule has 3 nitrogen and oxygen atoms in total. The van der Waals surface area contributed by atoms with E-state index in [2.05, 4.69) is 5.32 Å². The second-order valence-corrected chi connectivity index (χ2v) is 4.84. The molecule has 1 aromatic rings. The second-order valence-electron chi connectivity index (χ2n) is 4.84. The molecule has 0 aliphatic carbocycles. The minimum atomic E-state index is -0.269. The molecule has 1 fully saturated rings. The molecule has 1 heterocycles. The van der Waals surface area contributed by atoms with Gasteiger partial charge in [-0.3, -0.25) is 0 Å². The van der Waals surface area contributed by atoms with Gasteiger partial charge in [-0.25, -0.2) is 4.39 Å². The van der Waals surface area contributed by atoms with Gasteiger partial charge in [-0.2, -0.15) is 0 Å². The van der Waals surface area contributed by atoms with Crippen LogP contribution in [0.5, 0.6) is 5.75 Å². The Kier molecular flexibility index (Phi) is 5.16. The van der Waals surface area contributed by atoms with Crippen LogP contribution in [0.25, 0.3) is 0 Å². The summed E-state index contributed by atoms with van der Waals surface area (Å²) in [5, 5.41) is 3.34. The molecule has 0 amide bonds. The van der Waals surface area contributed by atoms with Crippen LogP contribution in [0, 0.1) is 5.82 Å². The summed E-state index contributed by atoms with van der Waals surface area (Å²) in [5.74, 6) is 0.0293. The Morgan fingerprint density at radius 3 is 3.00 bits per heavy atom. The highest BCUT2D eigenvalue weighted by Gasteiger charge is 2.24. The van der Waals surface area contributed by atoms with Crippen molar-refractivity contribution in [2.45, 2.75) is 38.3 Å². The minimum absolute atomic E-state index is 0.0248. The summed E-state index contributed by atoms with van der Waals surface area (Å²) < 4.78 is 25.0. The van der Waals surface area contributed by atoms with Crippen LogP contribution >= 0.6 is 0 Å². The molecule has 2 atom stereocenters. The van der Waals surface area contributed by atoms with Crippen LogP contribution in [0.4, 0.5) is 4.39 Å². The normalized spacial score (nSPS) is 20.5. The summed E-state index contributed by atoms with van der Waals surface area (Å²) >= 11 is 0. The lowest BCUT2D eigenvalue weighted by Crippen LogP contribution is -2.26. The van der Waals surface area contributed by atoms with Gasteiger partial charge >= 0.3 is 0 Å². The van der Waals surface area contributed by atoms with Crippen molar-refractivity contribution in [3.05, 3.63) is 29.6 Å². The summed E-state index contributed by atoms with van der Waals surface area (Å²) in [5.41, 5.74) is 0.664. The van der Waals surface area contributed by atoms with Crippen LogP contribution < -0.4 is 10.1 Å². The van der Waals surface area contributed by atoms with Crippen LogP contribution in [0.15, 0.2) is 18.2 Å². The van der Waals surface area contributed by atoms with E-state index in [-0.39, 0.29) is 18.0 Å². The van der Waals surface area contributed by atoms with Crippen molar-refractivity contribution in [2.75, 3.05) is 20.3 Å². The highest BCUT2D eigenvalue weighted by molar-refractivity contribution is 5.33. The zero-order valence-electron chi connectivity index (χ0n) is 11.6. The number of hydrogen-bond acceptors (Lipinski definition) is 3. The van der Waals surface area contributed by atoms with Crippen molar-refractivity contribution >= 4 is 0 Å². The molecule has 0 aromatic heterocycles. The van der Waals surface area contributed by atoms with E-state index in [0.29, 0.717) is 11.3 Å². The molecule has 0 radical (unpaired) electrons. The molecule has 1 saturated heterocycles. The molecular weight excluding hydrogens is 245 g/mol. The number of benzene rings is 1. The molecule has 19 heavy (non-hydrogen) atoms. The minimum Gasteiger partial charge on any atom is -0.494 e. The molecule has 4 heteroatoms. The molecule has 0 saturated carbocycles. The highest BCUT2D eigenvalue weighted by atomic mass is 19.1. The van der Waals surface area contributed by atoms with Gasteiger partial charge < -0.3 is 14.8 Å². The molecular formula is C15H22FNO2. The summed E-state index contributed by atoms with van der Waals surface area (Å²) in [6.07, 6.45) is 3.20. The number of nitrogens with one attached hydrogen (secondary N) is 1. The molecule has 1 N–H and O–H groups in total. The van der Waals surface area contributed by atoms with Gasteiger partial charge in [0.1, 0.15) is 0 Å². The zero-order valence-corrected chi connectivity index (χ0v) is 11.6. The van der Waals surface area contributed by atoms with Gasteiger partial charge in [0.25, 0.3) is 0 Å². The van der Waals surface area contributed by atoms with Gasteiger partial charge in [-0.05, 0) is 31.9 Å². The Morgan fingerprint density at radius 1 is 1.53 bits per heavy atom. The summed E-state index contributed by atoms with van der Waals surface area (Å²) in [4.78, 5) is 0. The molecule has 106 valence electrons. The predicted octanol–water partition coefficient (Wildman–Crippen LogP) is 3.05. The lowest BCUT2D eigenvalue weighted by molar-refractivity contribution is 0.0943. The topological polar surface area (TPSA) is 30.5 Å². The van der Waals surface area contributed by atoms with Gasteiger partial charge in [0, 0.05) is 18.2 Å². The largest absolute Gasteiger partial charge is 0.494 e. The first kappa shape index (κ1) is 14.3. The fourth-order valence-electron chi connectivity index (χ4n) is 2.61. The smallest absolute Gasteiger partial charge is 0.169 e. The van der Waals surface area contributed by atoms with Crippen molar-refractivity contribution in [3.8, 4) is 5.75 Å². The van der Waals surface area contributed by atoms with Gasteiger partial charge in [-0.1, -0.05) is 19.1 Å². The van der Waals surface area contributed by atoms with Crippen molar-refractivity contribution in [2.24, 2.45) is 0 Å². The van der Waals surface area contributed by atoms with Crippen LogP contribution in [-0.2, 0) is 4.74 Å². The zero-order chi connectivity index (χ0) is 13.7. The number of rotatable bonds is 6. The van der Waals surface area contributed by atoms with E-state index >= 15 is 0 Å². The summed E-state index contributed by atoms with van der Waals surface area (Å²) in [7, 11) is 1.49. The van der Waals surface area contributed by atoms with E-state index in [1.807, 2.05) is 19.1 Å². The Bertz CT molecular complexity index is 405. The molecule has 0 bridgehead atoms. The highest BCUT2D eigenvalue weighted by Crippen LogP contribution is 2.30. The molecule has 0 spiro atoms. The SMILES string of the molecule is CCNC(CC1CCCO1)c1cccc(OC)c1F. The van der Waals surface area contributed by atoms with Gasteiger partial charge in [0.05, 0.1) is 13.2 Å². The quantitative estimate of drug-likeness (QED) is 0.859. The lowest BCUT2D eigenvalue weighted by Gasteiger charge is -2.22. The third-order valence-electron chi connectivity index (χ3n) is 3.56. The van der Waals surface area contributed by atoms with E-state index in [1.165, 1.54) is 7.11 Å². The Balaban J connectivity index is 2.17. The van der Waals surface area contributed by atoms with Crippen molar-refractivity contribution in [1.29, 1.82) is 0 Å². The second kappa shape index (κ2) is 6.87. The van der Waals surface area contributed by atoms with Crippen molar-refractivity contribution < 1.29 is 13.9 Å². The fourth-order valence-corrected chi connectivity index (χ4v) is 2.61. The van der Waals surface area contributed by atoms with Crippen LogP contribution in [0.1, 0.15) is 37.8 Å². The summed E-state index contributed by atoms with van der Waals surface area (Å²) in [6.45, 7) is 3.65. The van der Waals surface area contributed by atoms with Crippen LogP contribution in [0.3, 0.4) is 0 Å². The molecule has 2 rings (SSSR count). The molecule has 1 aromatic carbocycles. The fraction of sp³-hybridized carbons (Fsp3) is 0.600. The standard InChI is InChI=1S/C15H22FNO2/c1-3-17-13(10-11-6-5-9-19-11)12-7-4-8-14(18-2)15(12)16/h4,7-8,11,13,17H,3,5-6,9-10H2,1-2H3. The Morgan fingerprint density at radius 2 is 2.37 bits per heavy atom. The van der Waals surface area contributed by atoms with E-state index in [4.69, 9.17) is 9.47 Å². The van der Waals surface area contributed by atoms with Gasteiger partial charge in [0.2, 0.25) is 0 Å². The Hall–Kier alpha value is -1.13. The number of hydrogen-bond donors (Lipinski definition) is 1. The predicted molar refractivity (Wildman–Crippen MR) is 73.0 cm³/mol.